The van der Waals surface area contributed by atoms with E-state index in [-0.39, 0.29) is 48.7 Å². The van der Waals surface area contributed by atoms with Crippen LogP contribution in [0.2, 0.25) is 0 Å². The highest BCUT2D eigenvalue weighted by atomic mass is 31.3. The number of amides is 2. The number of ketones is 1. The summed E-state index contributed by atoms with van der Waals surface area (Å²) in [5, 5.41) is 35.8. The van der Waals surface area contributed by atoms with Crippen LogP contribution in [0.4, 0.5) is 5.82 Å². The van der Waals surface area contributed by atoms with Crippen molar-refractivity contribution in [2.24, 2.45) is 16.2 Å². The van der Waals surface area contributed by atoms with Crippen LogP contribution >= 0.6 is 23.5 Å². The molecule has 0 radical (unpaired) electrons. The first kappa shape index (κ1) is 62.4. The van der Waals surface area contributed by atoms with Crippen molar-refractivity contribution in [1.82, 2.24) is 30.2 Å². The Morgan fingerprint density at radius 2 is 1.43 bits per heavy atom. The number of benzene rings is 1. The van der Waals surface area contributed by atoms with Gasteiger partial charge in [0.15, 0.2) is 17.7 Å². The molecule has 4 rings (SSSR count). The molecule has 7 unspecified atom stereocenters. The van der Waals surface area contributed by atoms with E-state index in [0.717, 1.165) is 68.6 Å². The Labute approximate surface area is 429 Å². The number of anilines is 1. The number of carbonyl (C=O) groups is 4. The Bertz CT molecular complexity index is 2540. The maximum Gasteiger partial charge on any atom is 0.309 e. The number of nitrogens with two attached hydrogens (primary N) is 1. The van der Waals surface area contributed by atoms with E-state index in [9.17, 15) is 67.8 Å². The zero-order chi connectivity index (χ0) is 55.3. The number of carbonyl (C=O) groups excluding carboxylic acids is 3. The first-order valence-corrected chi connectivity index (χ1v) is 28.4. The normalized spacial score (nSPS) is 19.7. The van der Waals surface area contributed by atoms with Gasteiger partial charge in [-0.3, -0.25) is 32.9 Å². The highest BCUT2D eigenvalue weighted by molar-refractivity contribution is 7.59. The Morgan fingerprint density at radius 1 is 0.838 bits per heavy atom. The molecule has 7 atom stereocenters. The molecule has 3 heterocycles. The van der Waals surface area contributed by atoms with Gasteiger partial charge in [0.25, 0.3) is 15.6 Å². The van der Waals surface area contributed by atoms with Crippen molar-refractivity contribution >= 4 is 64.0 Å². The lowest BCUT2D eigenvalue weighted by Crippen LogP contribution is -2.46. The number of Topliss-reactive ketones (excluding diaryl/α,β-unsaturated/α-hetero) is 1. The Balaban J connectivity index is 1.12. The number of imidazole rings is 1. The molecule has 2 aromatic heterocycles. The van der Waals surface area contributed by atoms with E-state index in [4.69, 9.17) is 10.5 Å². The second-order valence-electron chi connectivity index (χ2n) is 20.2. The number of aliphatic hydroxyl groups is 2. The third-order valence-corrected chi connectivity index (χ3v) is 15.6. The van der Waals surface area contributed by atoms with Crippen LogP contribution in [0.15, 0.2) is 36.9 Å². The summed E-state index contributed by atoms with van der Waals surface area (Å²) in [6.45, 7) is 7.15. The third-order valence-electron chi connectivity index (χ3n) is 12.6. The smallest absolute Gasteiger partial charge is 0.309 e. The number of nitrogens with one attached hydrogen (secondary N) is 2. The van der Waals surface area contributed by atoms with Crippen molar-refractivity contribution < 1.29 is 90.4 Å². The fourth-order valence-corrected chi connectivity index (χ4v) is 10.6. The molecule has 26 nitrogen and oxygen atoms in total. The lowest BCUT2D eigenvalue weighted by molar-refractivity contribution is -0.347. The molecule has 0 bridgehead atoms. The minimum atomic E-state index is -5.94. The molecule has 7 N–H and O–H groups in total. The summed E-state index contributed by atoms with van der Waals surface area (Å²) in [6.07, 6.45) is 1.19. The van der Waals surface area contributed by atoms with E-state index >= 15 is 0 Å². The number of carboxylic acids is 1. The number of ether oxygens (including phenoxy) is 1. The summed E-state index contributed by atoms with van der Waals surface area (Å²) < 4.78 is 61.0. The van der Waals surface area contributed by atoms with E-state index < -0.39 is 101 Å². The Morgan fingerprint density at radius 3 is 2.08 bits per heavy atom. The largest absolute Gasteiger partial charge is 0.790 e. The molecule has 1 aliphatic rings. The predicted molar refractivity (Wildman–Crippen MR) is 256 cm³/mol. The van der Waals surface area contributed by atoms with Crippen molar-refractivity contribution in [1.29, 1.82) is 0 Å². The van der Waals surface area contributed by atoms with E-state index in [1.165, 1.54) is 25.0 Å². The van der Waals surface area contributed by atoms with Gasteiger partial charge in [-0.25, -0.2) is 19.3 Å². The van der Waals surface area contributed by atoms with Crippen LogP contribution in [0.5, 0.6) is 0 Å². The maximum absolute atomic E-state index is 13.1. The number of aryl methyl sites for hydroxylation is 2. The number of nitrogen functional groups attached to an aromatic ring is 1. The van der Waals surface area contributed by atoms with Crippen molar-refractivity contribution in [3.63, 3.8) is 0 Å². The fraction of sp³-hybridized carbons (Fsp3) is 0.667. The van der Waals surface area contributed by atoms with Gasteiger partial charge < -0.3 is 74.1 Å². The van der Waals surface area contributed by atoms with Crippen molar-refractivity contribution in [2.45, 2.75) is 149 Å². The molecule has 3 aromatic rings. The van der Waals surface area contributed by atoms with E-state index in [1.54, 1.807) is 13.8 Å². The molecule has 2 amide bonds. The molecule has 1 saturated heterocycles. The number of nitrogens with zero attached hydrogens (tertiary/aromatic N) is 4. The van der Waals surface area contributed by atoms with Gasteiger partial charge in [-0.05, 0) is 63.5 Å². The predicted octanol–water partition coefficient (Wildman–Crippen LogP) is 1.88. The molecule has 1 aliphatic heterocycles. The molecule has 0 saturated carbocycles. The lowest BCUT2D eigenvalue weighted by atomic mass is 9.81. The molecule has 0 spiro atoms. The van der Waals surface area contributed by atoms with Crippen LogP contribution in [0.1, 0.15) is 123 Å². The van der Waals surface area contributed by atoms with Crippen LogP contribution in [0.25, 0.3) is 11.2 Å². The monoisotopic (exact) mass is 1100 g/mol. The number of aromatic nitrogens is 4. The molecule has 1 aromatic carbocycles. The van der Waals surface area contributed by atoms with Crippen molar-refractivity contribution in [3.8, 4) is 0 Å². The zero-order valence-corrected chi connectivity index (χ0v) is 44.9. The lowest BCUT2D eigenvalue weighted by Gasteiger charge is -2.36. The van der Waals surface area contributed by atoms with Crippen LogP contribution in [-0.2, 0) is 68.3 Å². The van der Waals surface area contributed by atoms with Crippen LogP contribution in [0, 0.1) is 16.2 Å². The number of phosphoric acid groups is 3. The van der Waals surface area contributed by atoms with Gasteiger partial charge in [0.1, 0.15) is 42.0 Å². The molecular weight excluding hydrogens is 1040 g/mol. The zero-order valence-electron chi connectivity index (χ0n) is 42.2. The quantitative estimate of drug-likeness (QED) is 0.0374. The number of carboxylic acid groups (broad SMARTS) is 1. The number of unbranched alkanes of at least 4 members (excludes halogenated alkanes) is 4. The summed E-state index contributed by atoms with van der Waals surface area (Å²) >= 11 is 0. The third kappa shape index (κ3) is 19.5. The molecule has 74 heavy (non-hydrogen) atoms. The van der Waals surface area contributed by atoms with Crippen LogP contribution in [0.3, 0.4) is 0 Å². The molecular formula is C45H68N7O19P3-4. The first-order chi connectivity index (χ1) is 34.3. The molecule has 1 fully saturated rings. The number of fused-ring (bicyclic) bond motifs is 1. The van der Waals surface area contributed by atoms with Gasteiger partial charge in [-0.2, -0.15) is 0 Å². The van der Waals surface area contributed by atoms with Gasteiger partial charge in [-0.1, -0.05) is 77.6 Å². The topological polar surface area (TPSA) is 412 Å². The average molecular weight is 1100 g/mol. The maximum atomic E-state index is 13.1. The van der Waals surface area contributed by atoms with E-state index in [2.05, 4.69) is 67.7 Å². The van der Waals surface area contributed by atoms with Crippen molar-refractivity contribution in [3.05, 3.63) is 48.0 Å². The van der Waals surface area contributed by atoms with E-state index in [0.29, 0.717) is 12.8 Å². The summed E-state index contributed by atoms with van der Waals surface area (Å²) in [4.78, 5) is 110. The fourth-order valence-electron chi connectivity index (χ4n) is 7.90. The molecule has 416 valence electrons. The highest BCUT2D eigenvalue weighted by Gasteiger charge is 2.47. The summed E-state index contributed by atoms with van der Waals surface area (Å²) in [6, 6.07) is 8.49. The summed E-state index contributed by atoms with van der Waals surface area (Å²) in [7, 11) is -17.7. The average Bonchev–Trinajstić information content (AvgIpc) is 3.87. The second kappa shape index (κ2) is 26.8. The van der Waals surface area contributed by atoms with Gasteiger partial charge in [0, 0.05) is 36.8 Å². The van der Waals surface area contributed by atoms with Crippen LogP contribution in [-0.4, -0.2) is 109 Å². The number of hydrogen-bond donors (Lipinski definition) is 6. The van der Waals surface area contributed by atoms with Gasteiger partial charge in [0.2, 0.25) is 11.8 Å². The van der Waals surface area contributed by atoms with Gasteiger partial charge >= 0.3 is 5.97 Å². The van der Waals surface area contributed by atoms with E-state index in [1.807, 2.05) is 13.8 Å². The summed E-state index contributed by atoms with van der Waals surface area (Å²) in [5.74, 6) is -2.41. The minimum absolute atomic E-state index is 0.0250. The number of rotatable bonds is 33. The number of aliphatic carboxylic acids is 1. The highest BCUT2D eigenvalue weighted by Crippen LogP contribution is 2.56. The number of phosphoric ester groups is 3. The van der Waals surface area contributed by atoms with Gasteiger partial charge in [0.05, 0.1) is 32.8 Å². The Kier molecular flexibility index (Phi) is 22.6. The molecule has 0 aliphatic carbocycles. The van der Waals surface area contributed by atoms with Crippen LogP contribution < -0.4 is 35.9 Å². The minimum Gasteiger partial charge on any atom is -0.790 e. The first-order valence-electron chi connectivity index (χ1n) is 24.0. The SMILES string of the molecule is CC(C)(CCCCCCc1cccc(CCCCC(C)(C)C(=O)CCNC(=O)CCNC(=O)C(O)C(C)(C)COP(=O)([O-])OP(=O)([O-])OCC2OC(n3cnc4c(N)ncnc43)C(O)C2OP(=O)([O-])[O-])c1)C(=O)O. The molecule has 29 heteroatoms. The second-order valence-corrected chi connectivity index (χ2v) is 24.2. The standard InChI is InChI=1S/C45H72N7O19P3/c1-43(2,20-12-10-15-30-17-13-16-29(24-30)14-9-7-8-11-21-44(3,4)42(58)59)32(53)18-22-47-33(54)19-23-48-40(57)37(56)45(5,6)26-68-74(65,66)71-73(63,64)67-25-31-36(70-72(60,61)62)35(55)41(69-31)52-28-51-34-38(46)49-27-50-39(34)52/h13,16-17,24,27-28,31,35-37,41,55-56H,7-12,14-15,18-23,25-26H2,1-6H3,(H,47,54)(H,48,57)(H,58,59)(H,63,64)(H,65,66)(H2,46,49,50)(H2,60,61,62)/p-4. The van der Waals surface area contributed by atoms with Gasteiger partial charge in [-0.15, -0.1) is 0 Å². The Hall–Kier alpha value is -4.10. The number of hydrogen-bond acceptors (Lipinski definition) is 22. The summed E-state index contributed by atoms with van der Waals surface area (Å²) in [5.41, 5.74) is 5.23. The number of aliphatic hydroxyl groups excluding tert-OH is 2. The van der Waals surface area contributed by atoms with Crippen molar-refractivity contribution in [2.75, 3.05) is 32.0 Å².